The Hall–Kier alpha value is -2.43. The lowest BCUT2D eigenvalue weighted by atomic mass is 10.2. The number of morpholine rings is 1. The van der Waals surface area contributed by atoms with Crippen molar-refractivity contribution in [3.8, 4) is 17.5 Å². The highest BCUT2D eigenvalue weighted by molar-refractivity contribution is 5.58. The van der Waals surface area contributed by atoms with E-state index in [1.165, 1.54) is 17.0 Å². The van der Waals surface area contributed by atoms with E-state index in [1.54, 1.807) is 12.1 Å². The van der Waals surface area contributed by atoms with Crippen LogP contribution in [0.3, 0.4) is 0 Å². The number of nitriles is 1. The van der Waals surface area contributed by atoms with Crippen LogP contribution in [0, 0.1) is 17.1 Å². The van der Waals surface area contributed by atoms with Crippen molar-refractivity contribution in [2.45, 2.75) is 6.42 Å². The molecule has 24 heavy (non-hydrogen) atoms. The van der Waals surface area contributed by atoms with Crippen LogP contribution >= 0.6 is 0 Å². The smallest absolute Gasteiger partial charge is 0.232 e. The van der Waals surface area contributed by atoms with Crippen molar-refractivity contribution in [2.75, 3.05) is 44.7 Å². The number of hydrogen-bond acceptors (Lipinski definition) is 5. The molecule has 0 spiro atoms. The lowest BCUT2D eigenvalue weighted by Gasteiger charge is -2.23. The number of ether oxygens (including phenoxy) is 1. The van der Waals surface area contributed by atoms with Crippen molar-refractivity contribution in [2.24, 2.45) is 0 Å². The Bertz CT molecular complexity index is 702. The number of halogens is 1. The summed E-state index contributed by atoms with van der Waals surface area (Å²) in [5.74, 6) is 0.358. The van der Waals surface area contributed by atoms with Gasteiger partial charge in [-0.15, -0.1) is 0 Å². The maximum atomic E-state index is 13.0. The molecule has 1 aliphatic rings. The summed E-state index contributed by atoms with van der Waals surface area (Å²) in [7, 11) is 0. The molecule has 0 unspecified atom stereocenters. The third kappa shape index (κ3) is 4.10. The Labute approximate surface area is 139 Å². The van der Waals surface area contributed by atoms with Crippen LogP contribution in [-0.4, -0.2) is 44.4 Å². The predicted octanol–water partition coefficient (Wildman–Crippen LogP) is 1.07. The summed E-state index contributed by atoms with van der Waals surface area (Å²) in [5, 5.41) is 12.3. The van der Waals surface area contributed by atoms with Gasteiger partial charge in [0.05, 0.1) is 19.8 Å². The number of rotatable bonds is 6. The minimum Gasteiger partial charge on any atom is -0.419 e. The molecule has 0 bridgehead atoms. The highest BCUT2D eigenvalue weighted by atomic mass is 19.1. The van der Waals surface area contributed by atoms with E-state index in [0.717, 1.165) is 39.3 Å². The Balaban J connectivity index is 1.57. The number of oxazole rings is 1. The van der Waals surface area contributed by atoms with Crippen LogP contribution in [0.5, 0.6) is 0 Å². The fourth-order valence-corrected chi connectivity index (χ4v) is 2.68. The zero-order chi connectivity index (χ0) is 16.8. The lowest BCUT2D eigenvalue weighted by Crippen LogP contribution is -3.14. The van der Waals surface area contributed by atoms with E-state index in [9.17, 15) is 9.65 Å². The van der Waals surface area contributed by atoms with Gasteiger partial charge in [-0.05, 0) is 24.3 Å². The zero-order valence-corrected chi connectivity index (χ0v) is 13.3. The quantitative estimate of drug-likeness (QED) is 0.775. The van der Waals surface area contributed by atoms with Crippen LogP contribution in [0.1, 0.15) is 12.1 Å². The molecule has 0 radical (unpaired) electrons. The number of quaternary nitrogens is 1. The van der Waals surface area contributed by atoms with Gasteiger partial charge in [0.15, 0.2) is 0 Å². The van der Waals surface area contributed by atoms with Gasteiger partial charge in [0, 0.05) is 18.5 Å². The van der Waals surface area contributed by atoms with Crippen molar-refractivity contribution < 1.29 is 18.4 Å². The molecule has 0 aliphatic carbocycles. The van der Waals surface area contributed by atoms with Crippen LogP contribution in [0.4, 0.5) is 10.3 Å². The van der Waals surface area contributed by atoms with Gasteiger partial charge in [-0.3, -0.25) is 0 Å². The molecule has 0 amide bonds. The predicted molar refractivity (Wildman–Crippen MR) is 86.1 cm³/mol. The Morgan fingerprint density at radius 1 is 1.25 bits per heavy atom. The molecule has 1 aromatic heterocycles. The number of anilines is 1. The molecule has 6 nitrogen and oxygen atoms in total. The summed E-state index contributed by atoms with van der Waals surface area (Å²) in [6, 6.07) is 7.85. The first-order chi connectivity index (χ1) is 11.8. The molecule has 2 aromatic rings. The third-order valence-electron chi connectivity index (χ3n) is 4.02. The molecule has 2 heterocycles. The summed E-state index contributed by atoms with van der Waals surface area (Å²) in [5.41, 5.74) is 0.853. The van der Waals surface area contributed by atoms with E-state index in [0.29, 0.717) is 23.9 Å². The molecule has 3 rings (SSSR count). The summed E-state index contributed by atoms with van der Waals surface area (Å²) >= 11 is 0. The topological polar surface area (TPSA) is 75.5 Å². The molecule has 2 N–H and O–H groups in total. The molecule has 1 aliphatic heterocycles. The van der Waals surface area contributed by atoms with E-state index >= 15 is 0 Å². The number of nitrogens with zero attached hydrogens (tertiary/aromatic N) is 2. The molecule has 0 saturated carbocycles. The highest BCUT2D eigenvalue weighted by Gasteiger charge is 2.16. The van der Waals surface area contributed by atoms with Crippen LogP contribution in [0.25, 0.3) is 11.5 Å². The largest absolute Gasteiger partial charge is 0.419 e. The Kier molecular flexibility index (Phi) is 5.41. The molecule has 1 aromatic carbocycles. The number of aromatic nitrogens is 1. The van der Waals surface area contributed by atoms with Crippen LogP contribution in [0.2, 0.25) is 0 Å². The molecule has 1 saturated heterocycles. The van der Waals surface area contributed by atoms with Crippen molar-refractivity contribution in [3.05, 3.63) is 35.8 Å². The highest BCUT2D eigenvalue weighted by Crippen LogP contribution is 2.25. The lowest BCUT2D eigenvalue weighted by molar-refractivity contribution is -0.908. The van der Waals surface area contributed by atoms with Gasteiger partial charge in [0.1, 0.15) is 25.0 Å². The molecule has 7 heteroatoms. The molecule has 1 fully saturated rings. The van der Waals surface area contributed by atoms with Crippen molar-refractivity contribution in [3.63, 3.8) is 0 Å². The fourth-order valence-electron chi connectivity index (χ4n) is 2.68. The van der Waals surface area contributed by atoms with Crippen molar-refractivity contribution >= 4 is 5.88 Å². The second kappa shape index (κ2) is 7.90. The number of hydrogen-bond donors (Lipinski definition) is 2. The molecule has 0 atom stereocenters. The minimum absolute atomic E-state index is 0.216. The van der Waals surface area contributed by atoms with Gasteiger partial charge in [-0.25, -0.2) is 4.39 Å². The normalized spacial score (nSPS) is 15.2. The van der Waals surface area contributed by atoms with Crippen molar-refractivity contribution in [1.82, 2.24) is 4.98 Å². The van der Waals surface area contributed by atoms with Gasteiger partial charge >= 0.3 is 0 Å². The van der Waals surface area contributed by atoms with Gasteiger partial charge in [-0.2, -0.15) is 10.2 Å². The maximum Gasteiger partial charge on any atom is 0.232 e. The van der Waals surface area contributed by atoms with Gasteiger partial charge in [-0.1, -0.05) is 0 Å². The second-order valence-electron chi connectivity index (χ2n) is 5.71. The van der Waals surface area contributed by atoms with E-state index < -0.39 is 0 Å². The second-order valence-corrected chi connectivity index (χ2v) is 5.71. The number of benzene rings is 1. The number of nitrogens with one attached hydrogen (secondary N) is 2. The average Bonchev–Trinajstić information content (AvgIpc) is 3.03. The van der Waals surface area contributed by atoms with Crippen LogP contribution < -0.4 is 10.2 Å². The van der Waals surface area contributed by atoms with Crippen LogP contribution in [-0.2, 0) is 4.74 Å². The molecule has 126 valence electrons. The Morgan fingerprint density at radius 3 is 2.71 bits per heavy atom. The first-order valence-electron chi connectivity index (χ1n) is 8.08. The standard InChI is InChI=1S/C17H19FN4O2/c18-14-4-2-13(3-5-14)16-21-15(12-19)17(24-16)20-6-1-7-22-8-10-23-11-9-22/h2-5,20H,1,6-11H2/p+1. The summed E-state index contributed by atoms with van der Waals surface area (Å²) in [6.45, 7) is 5.49. The summed E-state index contributed by atoms with van der Waals surface area (Å²) in [4.78, 5) is 5.70. The van der Waals surface area contributed by atoms with Gasteiger partial charge < -0.3 is 19.4 Å². The van der Waals surface area contributed by atoms with E-state index in [2.05, 4.69) is 10.3 Å². The zero-order valence-electron chi connectivity index (χ0n) is 13.3. The SMILES string of the molecule is N#Cc1nc(-c2ccc(F)cc2)oc1NCCC[NH+]1CCOCC1. The van der Waals surface area contributed by atoms with Gasteiger partial charge in [0.2, 0.25) is 17.5 Å². The maximum absolute atomic E-state index is 13.0. The van der Waals surface area contributed by atoms with Crippen molar-refractivity contribution in [1.29, 1.82) is 5.26 Å². The molecular formula is C17H20FN4O2+. The first kappa shape index (κ1) is 16.4. The molecular weight excluding hydrogens is 311 g/mol. The minimum atomic E-state index is -0.324. The van der Waals surface area contributed by atoms with E-state index in [1.807, 2.05) is 6.07 Å². The van der Waals surface area contributed by atoms with Gasteiger partial charge in [0.25, 0.3) is 0 Å². The van der Waals surface area contributed by atoms with Crippen LogP contribution in [0.15, 0.2) is 28.7 Å². The first-order valence-corrected chi connectivity index (χ1v) is 8.08. The summed E-state index contributed by atoms with van der Waals surface area (Å²) in [6.07, 6.45) is 0.965. The summed E-state index contributed by atoms with van der Waals surface area (Å²) < 4.78 is 24.0. The fraction of sp³-hybridized carbons (Fsp3) is 0.412. The monoisotopic (exact) mass is 331 g/mol. The van der Waals surface area contributed by atoms with E-state index in [4.69, 9.17) is 9.15 Å². The third-order valence-corrected chi connectivity index (χ3v) is 4.02. The van der Waals surface area contributed by atoms with E-state index in [-0.39, 0.29) is 11.5 Å². The average molecular weight is 331 g/mol. The Morgan fingerprint density at radius 2 is 2.00 bits per heavy atom.